The van der Waals surface area contributed by atoms with E-state index in [4.69, 9.17) is 5.11 Å². The summed E-state index contributed by atoms with van der Waals surface area (Å²) in [5, 5.41) is 8.87. The Labute approximate surface area is 124 Å². The Morgan fingerprint density at radius 1 is 1.35 bits per heavy atom. The van der Waals surface area contributed by atoms with Crippen molar-refractivity contribution in [3.8, 4) is 0 Å². The number of allylic oxidation sites excluding steroid dienone is 7. The molecule has 0 fully saturated rings. The normalized spacial score (nSPS) is 20.1. The Balaban J connectivity index is 2.78. The predicted molar refractivity (Wildman–Crippen MR) is 88.6 cm³/mol. The van der Waals surface area contributed by atoms with Gasteiger partial charge in [-0.1, -0.05) is 62.0 Å². The van der Waals surface area contributed by atoms with Gasteiger partial charge in [0.05, 0.1) is 6.61 Å². The Kier molecular flexibility index (Phi) is 6.22. The predicted octanol–water partition coefficient (Wildman–Crippen LogP) is 5.12. The van der Waals surface area contributed by atoms with E-state index < -0.39 is 0 Å². The zero-order chi connectivity index (χ0) is 15.2. The maximum absolute atomic E-state index is 8.87. The molecule has 0 radical (unpaired) electrons. The van der Waals surface area contributed by atoms with Crippen molar-refractivity contribution < 1.29 is 5.11 Å². The van der Waals surface area contributed by atoms with Gasteiger partial charge in [-0.3, -0.25) is 0 Å². The van der Waals surface area contributed by atoms with E-state index in [1.54, 1.807) is 0 Å². The van der Waals surface area contributed by atoms with Crippen molar-refractivity contribution in [3.05, 3.63) is 59.3 Å². The molecule has 1 rings (SSSR count). The van der Waals surface area contributed by atoms with Gasteiger partial charge >= 0.3 is 0 Å². The Morgan fingerprint density at radius 2 is 2.05 bits per heavy atom. The van der Waals surface area contributed by atoms with Crippen molar-refractivity contribution in [2.75, 3.05) is 6.61 Å². The van der Waals surface area contributed by atoms with Crippen LogP contribution >= 0.6 is 0 Å². The molecule has 1 N–H and O–H groups in total. The van der Waals surface area contributed by atoms with Gasteiger partial charge in [-0.25, -0.2) is 0 Å². The molecule has 0 unspecified atom stereocenters. The van der Waals surface area contributed by atoms with Crippen LogP contribution in [-0.4, -0.2) is 11.7 Å². The Bertz CT molecular complexity index is 470. The minimum atomic E-state index is 0.0134. The monoisotopic (exact) mass is 272 g/mol. The summed E-state index contributed by atoms with van der Waals surface area (Å²) in [6.07, 6.45) is 14.1. The topological polar surface area (TPSA) is 20.2 Å². The average Bonchev–Trinajstić information content (AvgIpc) is 2.37. The van der Waals surface area contributed by atoms with Gasteiger partial charge in [0.25, 0.3) is 0 Å². The molecule has 0 aromatic heterocycles. The van der Waals surface area contributed by atoms with Gasteiger partial charge in [0, 0.05) is 0 Å². The molecular formula is C19H28O. The third-order valence-corrected chi connectivity index (χ3v) is 3.95. The highest BCUT2D eigenvalue weighted by molar-refractivity contribution is 5.37. The summed E-state index contributed by atoms with van der Waals surface area (Å²) in [7, 11) is 0. The van der Waals surface area contributed by atoms with E-state index in [-0.39, 0.29) is 6.61 Å². The van der Waals surface area contributed by atoms with Gasteiger partial charge in [0.1, 0.15) is 0 Å². The lowest BCUT2D eigenvalue weighted by Crippen LogP contribution is -2.19. The first kappa shape index (κ1) is 16.7. The third-order valence-electron chi connectivity index (χ3n) is 3.95. The van der Waals surface area contributed by atoms with Crippen LogP contribution in [0.1, 0.15) is 47.0 Å². The Hall–Kier alpha value is -1.34. The second kappa shape index (κ2) is 7.44. The molecule has 0 saturated heterocycles. The maximum Gasteiger partial charge on any atom is 0.0676 e. The van der Waals surface area contributed by atoms with Crippen molar-refractivity contribution >= 4 is 0 Å². The fourth-order valence-corrected chi connectivity index (χ4v) is 2.67. The van der Waals surface area contributed by atoms with Crippen molar-refractivity contribution in [3.63, 3.8) is 0 Å². The van der Waals surface area contributed by atoms with Crippen LogP contribution in [0.15, 0.2) is 59.3 Å². The first-order valence-corrected chi connectivity index (χ1v) is 7.39. The molecule has 1 heteroatoms. The zero-order valence-corrected chi connectivity index (χ0v) is 13.4. The van der Waals surface area contributed by atoms with Gasteiger partial charge < -0.3 is 5.11 Å². The molecule has 0 heterocycles. The highest BCUT2D eigenvalue weighted by Gasteiger charge is 2.26. The molecule has 0 atom stereocenters. The summed E-state index contributed by atoms with van der Waals surface area (Å²) in [4.78, 5) is 0. The largest absolute Gasteiger partial charge is 0.392 e. The minimum absolute atomic E-state index is 0.0134. The first-order valence-electron chi connectivity index (χ1n) is 7.39. The highest BCUT2D eigenvalue weighted by Crippen LogP contribution is 2.40. The number of hydrogen-bond acceptors (Lipinski definition) is 1. The second-order valence-corrected chi connectivity index (χ2v) is 6.35. The van der Waals surface area contributed by atoms with Crippen molar-refractivity contribution in [1.29, 1.82) is 0 Å². The average molecular weight is 272 g/mol. The van der Waals surface area contributed by atoms with Crippen LogP contribution in [0, 0.1) is 5.41 Å². The summed E-state index contributed by atoms with van der Waals surface area (Å²) in [5.74, 6) is 0. The number of hydrogen-bond donors (Lipinski definition) is 1. The van der Waals surface area contributed by atoms with Crippen LogP contribution < -0.4 is 0 Å². The van der Waals surface area contributed by atoms with Gasteiger partial charge in [-0.2, -0.15) is 0 Å². The number of aliphatic hydroxyl groups is 1. The van der Waals surface area contributed by atoms with E-state index in [0.717, 1.165) is 5.57 Å². The van der Waals surface area contributed by atoms with E-state index in [1.807, 2.05) is 18.2 Å². The van der Waals surface area contributed by atoms with E-state index in [0.29, 0.717) is 5.41 Å². The van der Waals surface area contributed by atoms with Gasteiger partial charge in [-0.15, -0.1) is 0 Å². The van der Waals surface area contributed by atoms with E-state index >= 15 is 0 Å². The molecule has 0 saturated carbocycles. The van der Waals surface area contributed by atoms with Crippen LogP contribution in [0.2, 0.25) is 0 Å². The smallest absolute Gasteiger partial charge is 0.0676 e. The molecule has 1 nitrogen and oxygen atoms in total. The van der Waals surface area contributed by atoms with Crippen LogP contribution in [0.5, 0.6) is 0 Å². The van der Waals surface area contributed by atoms with Gasteiger partial charge in [-0.05, 0) is 49.7 Å². The highest BCUT2D eigenvalue weighted by atomic mass is 16.3. The molecule has 0 aromatic carbocycles. The molecule has 1 aliphatic carbocycles. The lowest BCUT2D eigenvalue weighted by atomic mass is 9.72. The molecule has 0 amide bonds. The third kappa shape index (κ3) is 4.97. The molecule has 20 heavy (non-hydrogen) atoms. The number of aliphatic hydroxyl groups excluding tert-OH is 1. The first-order chi connectivity index (χ1) is 9.36. The molecule has 0 bridgehead atoms. The fourth-order valence-electron chi connectivity index (χ4n) is 2.67. The maximum atomic E-state index is 8.87. The van der Waals surface area contributed by atoms with Crippen molar-refractivity contribution in [2.24, 2.45) is 5.41 Å². The summed E-state index contributed by atoms with van der Waals surface area (Å²) < 4.78 is 0. The van der Waals surface area contributed by atoms with Crippen LogP contribution in [0.4, 0.5) is 0 Å². The summed E-state index contributed by atoms with van der Waals surface area (Å²) in [5.41, 5.74) is 5.23. The van der Waals surface area contributed by atoms with Crippen LogP contribution in [-0.2, 0) is 0 Å². The van der Waals surface area contributed by atoms with Crippen LogP contribution in [0.3, 0.4) is 0 Å². The molecule has 1 aliphatic rings. The molecule has 110 valence electrons. The quantitative estimate of drug-likeness (QED) is 0.689. The van der Waals surface area contributed by atoms with Gasteiger partial charge in [0.15, 0.2) is 0 Å². The minimum Gasteiger partial charge on any atom is -0.392 e. The summed E-state index contributed by atoms with van der Waals surface area (Å²) in [6, 6.07) is 0. The summed E-state index contributed by atoms with van der Waals surface area (Å²) >= 11 is 0. The zero-order valence-electron chi connectivity index (χ0n) is 13.4. The van der Waals surface area contributed by atoms with Crippen molar-refractivity contribution in [2.45, 2.75) is 47.0 Å². The molecule has 0 spiro atoms. The molecule has 0 aromatic rings. The fraction of sp³-hybridized carbons (Fsp3) is 0.474. The lowest BCUT2D eigenvalue weighted by molar-refractivity contribution is 0.335. The standard InChI is InChI=1S/C19H28O/c1-15(8-6-9-16(2)14-20)11-12-18-17(3)10-7-13-19(18,4)5/h6,8-9,11-12,20H,2,7,10,13-14H2,1,3-5H3/b9-6+,12-11+,15-8+. The lowest BCUT2D eigenvalue weighted by Gasteiger charge is -2.32. The molecular weight excluding hydrogens is 244 g/mol. The SMILES string of the molecule is C=C(/C=C/C=C(C)/C=C/C1=C(C)CCCC1(C)C)CO. The van der Waals surface area contributed by atoms with Crippen molar-refractivity contribution in [1.82, 2.24) is 0 Å². The summed E-state index contributed by atoms with van der Waals surface area (Å²) in [6.45, 7) is 12.8. The van der Waals surface area contributed by atoms with E-state index in [2.05, 4.69) is 46.4 Å². The van der Waals surface area contributed by atoms with Crippen LogP contribution in [0.25, 0.3) is 0 Å². The van der Waals surface area contributed by atoms with Gasteiger partial charge in [0.2, 0.25) is 0 Å². The number of rotatable bonds is 5. The van der Waals surface area contributed by atoms with E-state index in [9.17, 15) is 0 Å². The van der Waals surface area contributed by atoms with E-state index in [1.165, 1.54) is 36.0 Å². The molecule has 0 aliphatic heterocycles. The Morgan fingerprint density at radius 3 is 2.65 bits per heavy atom. The second-order valence-electron chi connectivity index (χ2n) is 6.35.